The zero-order valence-corrected chi connectivity index (χ0v) is 9.63. The van der Waals surface area contributed by atoms with E-state index in [1.54, 1.807) is 20.8 Å². The Morgan fingerprint density at radius 2 is 2.06 bits per heavy atom. The molecule has 0 spiro atoms. The van der Waals surface area contributed by atoms with Crippen LogP contribution in [0.1, 0.15) is 31.3 Å². The molecular weight excluding hydrogens is 228 g/mol. The molecule has 1 aromatic rings. The monoisotopic (exact) mass is 240 g/mol. The fourth-order valence-corrected chi connectivity index (χ4v) is 1.06. The number of hydrogen-bond acceptors (Lipinski definition) is 5. The van der Waals surface area contributed by atoms with E-state index in [2.05, 4.69) is 4.98 Å². The molecule has 0 unspecified atom stereocenters. The van der Waals surface area contributed by atoms with Crippen LogP contribution in [0.5, 0.6) is 5.88 Å². The van der Waals surface area contributed by atoms with Crippen LogP contribution in [0.15, 0.2) is 12.1 Å². The van der Waals surface area contributed by atoms with Crippen LogP contribution in [0.3, 0.4) is 0 Å². The number of nitrogens with zero attached hydrogens (tertiary/aromatic N) is 2. The Morgan fingerprint density at radius 1 is 1.47 bits per heavy atom. The molecule has 1 N–H and O–H groups in total. The quantitative estimate of drug-likeness (QED) is 0.639. The molecule has 7 heteroatoms. The largest absolute Gasteiger partial charge is 0.477 e. The van der Waals surface area contributed by atoms with E-state index in [9.17, 15) is 14.9 Å². The van der Waals surface area contributed by atoms with Crippen LogP contribution in [0.4, 0.5) is 5.69 Å². The number of rotatable bonds is 3. The highest BCUT2D eigenvalue weighted by Crippen LogP contribution is 2.27. The zero-order chi connectivity index (χ0) is 13.2. The number of pyridine rings is 1. The molecule has 0 amide bonds. The SMILES string of the molecule is CC(C)(C)Oc1nc(C(=O)O)ccc1[N+](=O)[O-]. The van der Waals surface area contributed by atoms with Crippen LogP contribution >= 0.6 is 0 Å². The predicted octanol–water partition coefficient (Wildman–Crippen LogP) is 1.87. The molecule has 0 saturated heterocycles. The molecule has 0 atom stereocenters. The number of ether oxygens (including phenoxy) is 1. The molecule has 0 aromatic carbocycles. The second-order valence-electron chi connectivity index (χ2n) is 4.30. The number of aromatic nitrogens is 1. The fourth-order valence-electron chi connectivity index (χ4n) is 1.06. The van der Waals surface area contributed by atoms with Crippen LogP contribution in [0, 0.1) is 10.1 Å². The Bertz CT molecular complexity index is 464. The molecule has 92 valence electrons. The lowest BCUT2D eigenvalue weighted by Gasteiger charge is -2.20. The summed E-state index contributed by atoms with van der Waals surface area (Å²) >= 11 is 0. The first-order chi connectivity index (χ1) is 7.70. The lowest BCUT2D eigenvalue weighted by atomic mass is 10.2. The Kier molecular flexibility index (Phi) is 3.31. The Balaban J connectivity index is 3.25. The van der Waals surface area contributed by atoms with Crippen molar-refractivity contribution in [3.8, 4) is 5.88 Å². The first-order valence-corrected chi connectivity index (χ1v) is 4.78. The zero-order valence-electron chi connectivity index (χ0n) is 9.63. The van der Waals surface area contributed by atoms with E-state index in [0.29, 0.717) is 0 Å². The van der Waals surface area contributed by atoms with Crippen molar-refractivity contribution in [2.24, 2.45) is 0 Å². The summed E-state index contributed by atoms with van der Waals surface area (Å²) in [7, 11) is 0. The molecule has 0 fully saturated rings. The van der Waals surface area contributed by atoms with E-state index in [0.717, 1.165) is 12.1 Å². The number of aromatic carboxylic acids is 1. The number of carboxylic acids is 1. The van der Waals surface area contributed by atoms with Gasteiger partial charge in [0, 0.05) is 6.07 Å². The molecule has 0 radical (unpaired) electrons. The van der Waals surface area contributed by atoms with Crippen molar-refractivity contribution in [3.63, 3.8) is 0 Å². The van der Waals surface area contributed by atoms with Gasteiger partial charge < -0.3 is 9.84 Å². The van der Waals surface area contributed by atoms with Gasteiger partial charge in [-0.15, -0.1) is 0 Å². The number of carboxylic acid groups (broad SMARTS) is 1. The summed E-state index contributed by atoms with van der Waals surface area (Å²) in [5.41, 5.74) is -1.35. The van der Waals surface area contributed by atoms with E-state index >= 15 is 0 Å². The standard InChI is InChI=1S/C10H12N2O5/c1-10(2,3)17-8-7(12(15)16)5-4-6(11-8)9(13)14/h4-5H,1-3H3,(H,13,14). The van der Waals surface area contributed by atoms with Crippen molar-refractivity contribution < 1.29 is 19.6 Å². The van der Waals surface area contributed by atoms with E-state index in [1.165, 1.54) is 0 Å². The highest BCUT2D eigenvalue weighted by Gasteiger charge is 2.24. The highest BCUT2D eigenvalue weighted by atomic mass is 16.6. The molecule has 1 rings (SSSR count). The van der Waals surface area contributed by atoms with Crippen molar-refractivity contribution in [2.45, 2.75) is 26.4 Å². The summed E-state index contributed by atoms with van der Waals surface area (Å²) in [6, 6.07) is 2.13. The van der Waals surface area contributed by atoms with Gasteiger partial charge in [-0.2, -0.15) is 0 Å². The minimum Gasteiger partial charge on any atom is -0.477 e. The second kappa shape index (κ2) is 4.36. The predicted molar refractivity (Wildman–Crippen MR) is 58.2 cm³/mol. The third-order valence-electron chi connectivity index (χ3n) is 1.66. The molecule has 0 aliphatic heterocycles. The van der Waals surface area contributed by atoms with E-state index in [4.69, 9.17) is 9.84 Å². The van der Waals surface area contributed by atoms with Gasteiger partial charge in [0.2, 0.25) is 0 Å². The van der Waals surface area contributed by atoms with Gasteiger partial charge in [-0.1, -0.05) is 0 Å². The lowest BCUT2D eigenvalue weighted by molar-refractivity contribution is -0.386. The molecule has 0 saturated carbocycles. The smallest absolute Gasteiger partial charge is 0.354 e. The van der Waals surface area contributed by atoms with Crippen LogP contribution < -0.4 is 4.74 Å². The molecular formula is C10H12N2O5. The molecule has 0 aliphatic rings. The van der Waals surface area contributed by atoms with Gasteiger partial charge in [0.1, 0.15) is 5.60 Å². The van der Waals surface area contributed by atoms with Gasteiger partial charge in [0.15, 0.2) is 5.69 Å². The Hall–Kier alpha value is -2.18. The van der Waals surface area contributed by atoms with Crippen LogP contribution in [0.2, 0.25) is 0 Å². The van der Waals surface area contributed by atoms with Gasteiger partial charge in [-0.05, 0) is 26.8 Å². The van der Waals surface area contributed by atoms with Gasteiger partial charge in [0.05, 0.1) is 4.92 Å². The van der Waals surface area contributed by atoms with Crippen molar-refractivity contribution in [1.29, 1.82) is 0 Å². The van der Waals surface area contributed by atoms with Crippen LogP contribution in [0.25, 0.3) is 0 Å². The molecule has 0 bridgehead atoms. The molecule has 1 heterocycles. The van der Waals surface area contributed by atoms with Gasteiger partial charge in [-0.3, -0.25) is 10.1 Å². The second-order valence-corrected chi connectivity index (χ2v) is 4.30. The Morgan fingerprint density at radius 3 is 2.47 bits per heavy atom. The average molecular weight is 240 g/mol. The average Bonchev–Trinajstić information content (AvgIpc) is 2.14. The minimum atomic E-state index is -1.27. The highest BCUT2D eigenvalue weighted by molar-refractivity contribution is 5.85. The van der Waals surface area contributed by atoms with Crippen LogP contribution in [-0.4, -0.2) is 26.6 Å². The van der Waals surface area contributed by atoms with E-state index in [1.807, 2.05) is 0 Å². The third kappa shape index (κ3) is 3.40. The van der Waals surface area contributed by atoms with E-state index < -0.39 is 16.5 Å². The van der Waals surface area contributed by atoms with Crippen molar-refractivity contribution in [3.05, 3.63) is 27.9 Å². The lowest BCUT2D eigenvalue weighted by Crippen LogP contribution is -2.24. The van der Waals surface area contributed by atoms with Crippen LogP contribution in [-0.2, 0) is 0 Å². The third-order valence-corrected chi connectivity index (χ3v) is 1.66. The summed E-state index contributed by atoms with van der Waals surface area (Å²) in [6.45, 7) is 5.06. The summed E-state index contributed by atoms with van der Waals surface area (Å²) in [5.74, 6) is -1.55. The summed E-state index contributed by atoms with van der Waals surface area (Å²) in [4.78, 5) is 24.4. The molecule has 7 nitrogen and oxygen atoms in total. The van der Waals surface area contributed by atoms with E-state index in [-0.39, 0.29) is 17.3 Å². The first kappa shape index (κ1) is 12.9. The minimum absolute atomic E-state index is 0.289. The number of nitro groups is 1. The maximum absolute atomic E-state index is 10.7. The Labute approximate surface area is 97.2 Å². The number of hydrogen-bond donors (Lipinski definition) is 1. The fraction of sp³-hybridized carbons (Fsp3) is 0.400. The topological polar surface area (TPSA) is 103 Å². The molecule has 0 aliphatic carbocycles. The first-order valence-electron chi connectivity index (χ1n) is 4.78. The maximum atomic E-state index is 10.7. The van der Waals surface area contributed by atoms with Gasteiger partial charge in [0.25, 0.3) is 5.88 Å². The van der Waals surface area contributed by atoms with Crippen molar-refractivity contribution in [1.82, 2.24) is 4.98 Å². The molecule has 17 heavy (non-hydrogen) atoms. The van der Waals surface area contributed by atoms with Crippen molar-refractivity contribution >= 4 is 11.7 Å². The summed E-state index contributed by atoms with van der Waals surface area (Å²) in [5, 5.41) is 19.5. The van der Waals surface area contributed by atoms with Crippen molar-refractivity contribution in [2.75, 3.05) is 0 Å². The summed E-state index contributed by atoms with van der Waals surface area (Å²) in [6.07, 6.45) is 0. The summed E-state index contributed by atoms with van der Waals surface area (Å²) < 4.78 is 5.27. The number of carbonyl (C=O) groups is 1. The van der Waals surface area contributed by atoms with Gasteiger partial charge in [-0.25, -0.2) is 9.78 Å². The maximum Gasteiger partial charge on any atom is 0.354 e. The molecule has 1 aromatic heterocycles. The normalized spacial score (nSPS) is 11.0. The van der Waals surface area contributed by atoms with Gasteiger partial charge >= 0.3 is 11.7 Å².